The fraction of sp³-hybridized carbons (Fsp3) is 0.600. The highest BCUT2D eigenvalue weighted by molar-refractivity contribution is 5.29. The molecule has 0 aromatic heterocycles. The maximum Gasteiger partial charge on any atom is 0.412 e. The van der Waals surface area contributed by atoms with E-state index in [0.29, 0.717) is 12.8 Å². The Kier molecular flexibility index (Phi) is 7.72. The zero-order valence-corrected chi connectivity index (χ0v) is 11.7. The number of allylic oxidation sites excluding steroid dienone is 6. The Morgan fingerprint density at radius 2 is 1.78 bits per heavy atom. The van der Waals surface area contributed by atoms with Crippen molar-refractivity contribution in [2.75, 3.05) is 0 Å². The smallest absolute Gasteiger partial charge is 0.166 e. The van der Waals surface area contributed by atoms with Gasteiger partial charge in [0.1, 0.15) is 0 Å². The highest BCUT2D eigenvalue weighted by Crippen LogP contribution is 2.31. The Morgan fingerprint density at radius 1 is 1.17 bits per heavy atom. The molecule has 0 spiro atoms. The molecule has 0 saturated heterocycles. The van der Waals surface area contributed by atoms with E-state index in [0.717, 1.165) is 17.6 Å². The predicted octanol–water partition coefficient (Wildman–Crippen LogP) is 5.97. The van der Waals surface area contributed by atoms with Gasteiger partial charge in [-0.2, -0.15) is 13.2 Å². The van der Waals surface area contributed by atoms with Gasteiger partial charge in [0.25, 0.3) is 0 Å². The van der Waals surface area contributed by atoms with Crippen LogP contribution in [-0.2, 0) is 0 Å². The molecular weight excluding hydrogens is 237 g/mol. The van der Waals surface area contributed by atoms with Crippen LogP contribution in [0.4, 0.5) is 13.2 Å². The van der Waals surface area contributed by atoms with Crippen LogP contribution in [0, 0.1) is 0 Å². The second-order valence-electron chi connectivity index (χ2n) is 4.42. The number of rotatable bonds is 6. The molecule has 0 nitrogen and oxygen atoms in total. The van der Waals surface area contributed by atoms with E-state index < -0.39 is 11.7 Å². The molecule has 3 heteroatoms. The van der Waals surface area contributed by atoms with Crippen LogP contribution in [0.5, 0.6) is 0 Å². The van der Waals surface area contributed by atoms with Crippen molar-refractivity contribution < 1.29 is 13.2 Å². The highest BCUT2D eigenvalue weighted by Gasteiger charge is 2.32. The van der Waals surface area contributed by atoms with E-state index in [-0.39, 0.29) is 6.42 Å². The molecule has 0 atom stereocenters. The van der Waals surface area contributed by atoms with Gasteiger partial charge in [-0.25, -0.2) is 0 Å². The average molecular weight is 260 g/mol. The van der Waals surface area contributed by atoms with E-state index in [1.807, 2.05) is 32.9 Å². The first-order valence-corrected chi connectivity index (χ1v) is 6.43. The lowest BCUT2D eigenvalue weighted by Gasteiger charge is -2.12. The van der Waals surface area contributed by atoms with E-state index in [4.69, 9.17) is 0 Å². The van der Waals surface area contributed by atoms with Crippen molar-refractivity contribution in [1.29, 1.82) is 0 Å². The van der Waals surface area contributed by atoms with Gasteiger partial charge < -0.3 is 0 Å². The van der Waals surface area contributed by atoms with Crippen molar-refractivity contribution in [2.45, 2.75) is 59.6 Å². The monoisotopic (exact) mass is 260 g/mol. The summed E-state index contributed by atoms with van der Waals surface area (Å²) in [4.78, 5) is 0. The normalized spacial score (nSPS) is 15.2. The summed E-state index contributed by atoms with van der Waals surface area (Å²) in [6.07, 6.45) is 2.84. The van der Waals surface area contributed by atoms with Gasteiger partial charge in [0.15, 0.2) is 0 Å². The molecule has 0 aliphatic rings. The molecule has 0 bridgehead atoms. The molecule has 0 fully saturated rings. The van der Waals surface area contributed by atoms with Gasteiger partial charge >= 0.3 is 6.18 Å². The lowest BCUT2D eigenvalue weighted by atomic mass is 10.0. The molecule has 18 heavy (non-hydrogen) atoms. The van der Waals surface area contributed by atoms with Crippen molar-refractivity contribution in [3.05, 3.63) is 34.9 Å². The van der Waals surface area contributed by atoms with Crippen LogP contribution in [0.2, 0.25) is 0 Å². The third kappa shape index (κ3) is 6.67. The molecule has 104 valence electrons. The molecule has 0 aromatic rings. The van der Waals surface area contributed by atoms with Crippen LogP contribution >= 0.6 is 0 Å². The number of alkyl halides is 3. The molecule has 0 unspecified atom stereocenters. The topological polar surface area (TPSA) is 0 Å². The molecule has 0 N–H and O–H groups in total. The summed E-state index contributed by atoms with van der Waals surface area (Å²) in [7, 11) is 0. The Balaban J connectivity index is 5.17. The Hall–Kier alpha value is -0.990. The molecule has 0 saturated carbocycles. The third-order valence-electron chi connectivity index (χ3n) is 2.69. The quantitative estimate of drug-likeness (QED) is 0.408. The van der Waals surface area contributed by atoms with Crippen LogP contribution in [0.1, 0.15) is 53.4 Å². The van der Waals surface area contributed by atoms with Crippen LogP contribution < -0.4 is 0 Å². The molecule has 0 aromatic carbocycles. The van der Waals surface area contributed by atoms with Gasteiger partial charge in [0.2, 0.25) is 0 Å². The summed E-state index contributed by atoms with van der Waals surface area (Å²) < 4.78 is 38.5. The molecular formula is C15H23F3. The fourth-order valence-electron chi connectivity index (χ4n) is 1.66. The molecule has 0 rings (SSSR count). The summed E-state index contributed by atoms with van der Waals surface area (Å²) in [6, 6.07) is 0. The van der Waals surface area contributed by atoms with Gasteiger partial charge in [-0.15, -0.1) is 0 Å². The van der Waals surface area contributed by atoms with Crippen LogP contribution in [-0.4, -0.2) is 6.18 Å². The van der Waals surface area contributed by atoms with E-state index in [2.05, 4.69) is 0 Å². The third-order valence-corrected chi connectivity index (χ3v) is 2.69. The predicted molar refractivity (Wildman–Crippen MR) is 71.5 cm³/mol. The van der Waals surface area contributed by atoms with Gasteiger partial charge in [-0.05, 0) is 38.7 Å². The minimum Gasteiger partial charge on any atom is -0.166 e. The first-order chi connectivity index (χ1) is 8.35. The van der Waals surface area contributed by atoms with Gasteiger partial charge in [-0.3, -0.25) is 0 Å². The van der Waals surface area contributed by atoms with Gasteiger partial charge in [0, 0.05) is 5.57 Å². The van der Waals surface area contributed by atoms with Crippen molar-refractivity contribution in [3.63, 3.8) is 0 Å². The lowest BCUT2D eigenvalue weighted by Crippen LogP contribution is -2.12. The highest BCUT2D eigenvalue weighted by atomic mass is 19.4. The number of halogens is 3. The Labute approximate surface area is 108 Å². The van der Waals surface area contributed by atoms with Gasteiger partial charge in [0.05, 0.1) is 0 Å². The maximum atomic E-state index is 12.8. The van der Waals surface area contributed by atoms with Crippen molar-refractivity contribution in [2.24, 2.45) is 0 Å². The van der Waals surface area contributed by atoms with E-state index in [9.17, 15) is 13.2 Å². The van der Waals surface area contributed by atoms with Crippen molar-refractivity contribution in [3.8, 4) is 0 Å². The molecule has 0 amide bonds. The SMILES string of the molecule is C/C=C(\C)CC(=C\CC)/C=C(\CCC)C(F)(F)F. The van der Waals surface area contributed by atoms with Crippen LogP contribution in [0.3, 0.4) is 0 Å². The molecule has 0 aliphatic carbocycles. The molecule has 0 aliphatic heterocycles. The van der Waals surface area contributed by atoms with E-state index in [1.165, 1.54) is 6.08 Å². The van der Waals surface area contributed by atoms with E-state index >= 15 is 0 Å². The lowest BCUT2D eigenvalue weighted by molar-refractivity contribution is -0.0940. The van der Waals surface area contributed by atoms with Crippen molar-refractivity contribution >= 4 is 0 Å². The number of hydrogen-bond acceptors (Lipinski definition) is 0. The Bertz CT molecular complexity index is 330. The molecule has 0 heterocycles. The molecule has 0 radical (unpaired) electrons. The first-order valence-electron chi connectivity index (χ1n) is 6.43. The summed E-state index contributed by atoms with van der Waals surface area (Å²) in [5.41, 5.74) is 1.42. The van der Waals surface area contributed by atoms with Crippen LogP contribution in [0.25, 0.3) is 0 Å². The maximum absolute atomic E-state index is 12.8. The number of hydrogen-bond donors (Lipinski definition) is 0. The standard InChI is InChI=1S/C15H23F3/c1-5-8-13(10-12(4)7-3)11-14(9-6-2)15(16,17)18/h7-8,11H,5-6,9-10H2,1-4H3/b12-7+,13-8+,14-11+. The summed E-state index contributed by atoms with van der Waals surface area (Å²) in [5.74, 6) is 0. The zero-order valence-electron chi connectivity index (χ0n) is 11.7. The second kappa shape index (κ2) is 8.17. The van der Waals surface area contributed by atoms with E-state index in [1.54, 1.807) is 6.92 Å². The second-order valence-corrected chi connectivity index (χ2v) is 4.42. The first kappa shape index (κ1) is 17.0. The van der Waals surface area contributed by atoms with Gasteiger partial charge in [-0.1, -0.05) is 44.1 Å². The van der Waals surface area contributed by atoms with Crippen molar-refractivity contribution in [1.82, 2.24) is 0 Å². The summed E-state index contributed by atoms with van der Waals surface area (Å²) in [5, 5.41) is 0. The zero-order chi connectivity index (χ0) is 14.2. The minimum absolute atomic E-state index is 0.0828. The summed E-state index contributed by atoms with van der Waals surface area (Å²) in [6.45, 7) is 7.54. The van der Waals surface area contributed by atoms with Crippen LogP contribution in [0.15, 0.2) is 34.9 Å². The largest absolute Gasteiger partial charge is 0.412 e. The fourth-order valence-corrected chi connectivity index (χ4v) is 1.66. The Morgan fingerprint density at radius 3 is 2.17 bits per heavy atom. The average Bonchev–Trinajstić information content (AvgIpc) is 2.27. The minimum atomic E-state index is -4.22. The summed E-state index contributed by atoms with van der Waals surface area (Å²) >= 11 is 0.